The summed E-state index contributed by atoms with van der Waals surface area (Å²) in [5.74, 6) is 1.69. The molecule has 0 fully saturated rings. The molecule has 4 nitrogen and oxygen atoms in total. The fourth-order valence-corrected chi connectivity index (χ4v) is 2.62. The van der Waals surface area contributed by atoms with Crippen molar-refractivity contribution in [3.8, 4) is 0 Å². The number of aromatic nitrogens is 2. The Kier molecular flexibility index (Phi) is 4.49. The Morgan fingerprint density at radius 2 is 2.17 bits per heavy atom. The fraction of sp³-hybridized carbons (Fsp3) is 0.538. The van der Waals surface area contributed by atoms with Crippen LogP contribution in [0.15, 0.2) is 6.07 Å². The second-order valence-electron chi connectivity index (χ2n) is 4.13. The zero-order valence-corrected chi connectivity index (χ0v) is 11.9. The summed E-state index contributed by atoms with van der Waals surface area (Å²) >= 11 is 1.70. The number of aryl methyl sites for hydroxylation is 1. The van der Waals surface area contributed by atoms with Crippen molar-refractivity contribution in [2.45, 2.75) is 33.8 Å². The molecule has 2 rings (SSSR count). The molecule has 0 unspecified atom stereocenters. The van der Waals surface area contributed by atoms with Crippen molar-refractivity contribution in [2.75, 3.05) is 18.5 Å². The first-order chi connectivity index (χ1) is 8.74. The zero-order chi connectivity index (χ0) is 13.0. The van der Waals surface area contributed by atoms with Gasteiger partial charge in [-0.1, -0.05) is 6.92 Å². The quantitative estimate of drug-likeness (QED) is 0.870. The average molecular weight is 265 g/mol. The summed E-state index contributed by atoms with van der Waals surface area (Å²) in [4.78, 5) is 11.4. The van der Waals surface area contributed by atoms with Gasteiger partial charge in [0, 0.05) is 18.0 Å². The minimum Gasteiger partial charge on any atom is -0.374 e. The fourth-order valence-electron chi connectivity index (χ4n) is 1.72. The summed E-state index contributed by atoms with van der Waals surface area (Å²) in [6.45, 7) is 8.30. The summed E-state index contributed by atoms with van der Waals surface area (Å²) in [6, 6.07) is 2.14. The highest BCUT2D eigenvalue weighted by Crippen LogP contribution is 2.28. The van der Waals surface area contributed by atoms with Crippen molar-refractivity contribution in [1.82, 2.24) is 9.97 Å². The Labute approximate surface area is 111 Å². The molecule has 0 aliphatic rings. The van der Waals surface area contributed by atoms with E-state index >= 15 is 0 Å². The van der Waals surface area contributed by atoms with E-state index < -0.39 is 0 Å². The third-order valence-corrected chi connectivity index (χ3v) is 3.48. The van der Waals surface area contributed by atoms with E-state index in [9.17, 15) is 0 Å². The SMILES string of the molecule is CCCNc1nc(COCC)nc2sc(C)cc12. The van der Waals surface area contributed by atoms with Gasteiger partial charge in [-0.25, -0.2) is 9.97 Å². The molecule has 98 valence electrons. The number of ether oxygens (including phenoxy) is 1. The van der Waals surface area contributed by atoms with Gasteiger partial charge < -0.3 is 10.1 Å². The van der Waals surface area contributed by atoms with Crippen LogP contribution in [-0.4, -0.2) is 23.1 Å². The molecule has 18 heavy (non-hydrogen) atoms. The molecule has 0 bridgehead atoms. The van der Waals surface area contributed by atoms with Crippen LogP contribution >= 0.6 is 11.3 Å². The van der Waals surface area contributed by atoms with Gasteiger partial charge in [0.05, 0.1) is 5.39 Å². The number of rotatable bonds is 6. The minimum absolute atomic E-state index is 0.476. The second kappa shape index (κ2) is 6.11. The molecule has 0 aliphatic heterocycles. The van der Waals surface area contributed by atoms with Crippen LogP contribution in [-0.2, 0) is 11.3 Å². The molecule has 0 radical (unpaired) electrons. The summed E-state index contributed by atoms with van der Waals surface area (Å²) in [5.41, 5.74) is 0. The van der Waals surface area contributed by atoms with Gasteiger partial charge in [0.2, 0.25) is 0 Å². The van der Waals surface area contributed by atoms with Crippen LogP contribution in [0.4, 0.5) is 5.82 Å². The van der Waals surface area contributed by atoms with Crippen molar-refractivity contribution in [2.24, 2.45) is 0 Å². The van der Waals surface area contributed by atoms with Crippen LogP contribution in [0, 0.1) is 6.92 Å². The predicted octanol–water partition coefficient (Wildman–Crippen LogP) is 3.36. The first-order valence-electron chi connectivity index (χ1n) is 6.33. The van der Waals surface area contributed by atoms with E-state index in [1.165, 1.54) is 4.88 Å². The van der Waals surface area contributed by atoms with E-state index in [0.29, 0.717) is 13.2 Å². The van der Waals surface area contributed by atoms with E-state index in [0.717, 1.165) is 34.8 Å². The summed E-state index contributed by atoms with van der Waals surface area (Å²) < 4.78 is 5.39. The van der Waals surface area contributed by atoms with Gasteiger partial charge in [0.25, 0.3) is 0 Å². The highest BCUT2D eigenvalue weighted by atomic mass is 32.1. The Bertz CT molecular complexity index is 524. The molecule has 2 aromatic heterocycles. The van der Waals surface area contributed by atoms with Crippen LogP contribution in [0.3, 0.4) is 0 Å². The lowest BCUT2D eigenvalue weighted by Gasteiger charge is -2.07. The second-order valence-corrected chi connectivity index (χ2v) is 5.36. The molecule has 0 saturated heterocycles. The van der Waals surface area contributed by atoms with Gasteiger partial charge >= 0.3 is 0 Å². The number of hydrogen-bond donors (Lipinski definition) is 1. The maximum Gasteiger partial charge on any atom is 0.158 e. The predicted molar refractivity (Wildman–Crippen MR) is 76.3 cm³/mol. The molecule has 2 aromatic rings. The normalized spacial score (nSPS) is 11.1. The Morgan fingerprint density at radius 1 is 1.33 bits per heavy atom. The molecule has 2 heterocycles. The lowest BCUT2D eigenvalue weighted by molar-refractivity contribution is 0.128. The third-order valence-electron chi connectivity index (χ3n) is 2.54. The maximum atomic E-state index is 5.39. The standard InChI is InChI=1S/C13H19N3OS/c1-4-6-14-12-10-7-9(3)18-13(10)16-11(15-12)8-17-5-2/h7H,4-6,8H2,1-3H3,(H,14,15,16). The van der Waals surface area contributed by atoms with E-state index in [2.05, 4.69) is 35.2 Å². The van der Waals surface area contributed by atoms with Gasteiger partial charge in [-0.15, -0.1) is 11.3 Å². The summed E-state index contributed by atoms with van der Waals surface area (Å²) in [7, 11) is 0. The van der Waals surface area contributed by atoms with Gasteiger partial charge in [0.1, 0.15) is 17.3 Å². The molecule has 1 N–H and O–H groups in total. The summed E-state index contributed by atoms with van der Waals surface area (Å²) in [5, 5.41) is 4.48. The van der Waals surface area contributed by atoms with E-state index in [1.54, 1.807) is 11.3 Å². The third kappa shape index (κ3) is 2.97. The van der Waals surface area contributed by atoms with Crippen molar-refractivity contribution < 1.29 is 4.74 Å². The molecule has 5 heteroatoms. The van der Waals surface area contributed by atoms with E-state index in [4.69, 9.17) is 4.74 Å². The van der Waals surface area contributed by atoms with Crippen molar-refractivity contribution in [1.29, 1.82) is 0 Å². The van der Waals surface area contributed by atoms with Gasteiger partial charge in [-0.3, -0.25) is 0 Å². The number of anilines is 1. The minimum atomic E-state index is 0.476. The zero-order valence-electron chi connectivity index (χ0n) is 11.1. The molecule has 0 amide bonds. The molecule has 0 aromatic carbocycles. The Morgan fingerprint density at radius 3 is 2.89 bits per heavy atom. The van der Waals surface area contributed by atoms with Crippen LogP contribution < -0.4 is 5.32 Å². The molecular formula is C13H19N3OS. The number of nitrogens with one attached hydrogen (secondary N) is 1. The monoisotopic (exact) mass is 265 g/mol. The molecular weight excluding hydrogens is 246 g/mol. The van der Waals surface area contributed by atoms with Crippen LogP contribution in [0.2, 0.25) is 0 Å². The maximum absolute atomic E-state index is 5.39. The molecule has 0 atom stereocenters. The number of nitrogens with zero attached hydrogens (tertiary/aromatic N) is 2. The number of hydrogen-bond acceptors (Lipinski definition) is 5. The van der Waals surface area contributed by atoms with Gasteiger partial charge in [0.15, 0.2) is 5.82 Å². The largest absolute Gasteiger partial charge is 0.374 e. The van der Waals surface area contributed by atoms with Crippen LogP contribution in [0.25, 0.3) is 10.2 Å². The lowest BCUT2D eigenvalue weighted by Crippen LogP contribution is -2.06. The van der Waals surface area contributed by atoms with Crippen molar-refractivity contribution in [3.63, 3.8) is 0 Å². The molecule has 0 saturated carbocycles. The van der Waals surface area contributed by atoms with E-state index in [1.807, 2.05) is 6.92 Å². The Hall–Kier alpha value is -1.20. The highest BCUT2D eigenvalue weighted by molar-refractivity contribution is 7.18. The number of thiophene rings is 1. The Balaban J connectivity index is 2.36. The van der Waals surface area contributed by atoms with Crippen LogP contribution in [0.5, 0.6) is 0 Å². The van der Waals surface area contributed by atoms with Crippen molar-refractivity contribution in [3.05, 3.63) is 16.8 Å². The number of fused-ring (bicyclic) bond motifs is 1. The highest BCUT2D eigenvalue weighted by Gasteiger charge is 2.10. The van der Waals surface area contributed by atoms with Crippen molar-refractivity contribution >= 4 is 27.4 Å². The van der Waals surface area contributed by atoms with E-state index in [-0.39, 0.29) is 0 Å². The van der Waals surface area contributed by atoms with Gasteiger partial charge in [-0.2, -0.15) is 0 Å². The average Bonchev–Trinajstić information content (AvgIpc) is 2.73. The van der Waals surface area contributed by atoms with Crippen LogP contribution in [0.1, 0.15) is 31.0 Å². The van der Waals surface area contributed by atoms with Gasteiger partial charge in [-0.05, 0) is 26.3 Å². The molecule has 0 aliphatic carbocycles. The molecule has 0 spiro atoms. The smallest absolute Gasteiger partial charge is 0.158 e. The first-order valence-corrected chi connectivity index (χ1v) is 7.15. The topological polar surface area (TPSA) is 47.0 Å². The summed E-state index contributed by atoms with van der Waals surface area (Å²) in [6.07, 6.45) is 1.08. The lowest BCUT2D eigenvalue weighted by atomic mass is 10.3. The first kappa shape index (κ1) is 13.2.